The maximum Gasteiger partial charge on any atom is 0.433 e. The van der Waals surface area contributed by atoms with Crippen LogP contribution in [0.2, 0.25) is 0 Å². The van der Waals surface area contributed by atoms with Crippen molar-refractivity contribution in [3.63, 3.8) is 0 Å². The number of aryl methyl sites for hydroxylation is 1. The van der Waals surface area contributed by atoms with Crippen molar-refractivity contribution < 1.29 is 18.0 Å². The van der Waals surface area contributed by atoms with Gasteiger partial charge in [0.25, 0.3) is 0 Å². The first-order valence-electron chi connectivity index (χ1n) is 8.02. The maximum atomic E-state index is 13.0. The number of imidazole rings is 1. The topological polar surface area (TPSA) is 59.8 Å². The Hall–Kier alpha value is -2.64. The minimum absolute atomic E-state index is 0.0135. The SMILES string of the molecule is CCc1nc2ccc(C(F)(F)F)nc2n1C1=CC2CC(=O)NC2C=C1. The number of amides is 1. The highest BCUT2D eigenvalue weighted by Crippen LogP contribution is 2.32. The van der Waals surface area contributed by atoms with Gasteiger partial charge < -0.3 is 5.32 Å². The van der Waals surface area contributed by atoms with E-state index in [1.54, 1.807) is 10.6 Å². The normalized spacial score (nSPS) is 22.9. The quantitative estimate of drug-likeness (QED) is 0.908. The second-order valence-corrected chi connectivity index (χ2v) is 6.17. The van der Waals surface area contributed by atoms with E-state index in [1.807, 2.05) is 19.1 Å². The molecule has 1 aliphatic heterocycles. The Morgan fingerprint density at radius 3 is 2.84 bits per heavy atom. The van der Waals surface area contributed by atoms with Crippen LogP contribution >= 0.6 is 0 Å². The summed E-state index contributed by atoms with van der Waals surface area (Å²) >= 11 is 0. The van der Waals surface area contributed by atoms with Gasteiger partial charge in [0, 0.05) is 24.5 Å². The van der Waals surface area contributed by atoms with E-state index in [2.05, 4.69) is 15.3 Å². The number of halogens is 3. The van der Waals surface area contributed by atoms with Gasteiger partial charge in [-0.25, -0.2) is 9.97 Å². The van der Waals surface area contributed by atoms with Gasteiger partial charge in [0.1, 0.15) is 17.0 Å². The van der Waals surface area contributed by atoms with Gasteiger partial charge >= 0.3 is 6.18 Å². The average molecular weight is 348 g/mol. The molecule has 2 aliphatic rings. The number of hydrogen-bond acceptors (Lipinski definition) is 3. The van der Waals surface area contributed by atoms with Crippen molar-refractivity contribution in [3.05, 3.63) is 41.9 Å². The number of aromatic nitrogens is 3. The second-order valence-electron chi connectivity index (χ2n) is 6.17. The number of allylic oxidation sites excluding steroid dienone is 2. The molecule has 1 aliphatic carbocycles. The van der Waals surface area contributed by atoms with E-state index in [-0.39, 0.29) is 23.5 Å². The van der Waals surface area contributed by atoms with Crippen LogP contribution < -0.4 is 5.32 Å². The number of carbonyl (C=O) groups is 1. The molecule has 4 rings (SSSR count). The molecule has 5 nitrogen and oxygen atoms in total. The van der Waals surface area contributed by atoms with Crippen LogP contribution in [0.1, 0.15) is 24.9 Å². The van der Waals surface area contributed by atoms with E-state index in [9.17, 15) is 18.0 Å². The maximum absolute atomic E-state index is 13.0. The minimum atomic E-state index is -4.51. The summed E-state index contributed by atoms with van der Waals surface area (Å²) in [5, 5.41) is 2.86. The first kappa shape index (κ1) is 15.9. The zero-order valence-corrected chi connectivity index (χ0v) is 13.3. The fourth-order valence-electron chi connectivity index (χ4n) is 3.34. The predicted molar refractivity (Wildman–Crippen MR) is 85.4 cm³/mol. The number of rotatable bonds is 2. The van der Waals surface area contributed by atoms with Crippen molar-refractivity contribution >= 4 is 22.8 Å². The molecule has 1 N–H and O–H groups in total. The largest absolute Gasteiger partial charge is 0.433 e. The molecule has 2 aromatic rings. The Kier molecular flexibility index (Phi) is 3.45. The highest BCUT2D eigenvalue weighted by Gasteiger charge is 2.34. The molecule has 0 bridgehead atoms. The lowest BCUT2D eigenvalue weighted by Crippen LogP contribution is -2.27. The van der Waals surface area contributed by atoms with E-state index < -0.39 is 11.9 Å². The van der Waals surface area contributed by atoms with E-state index in [1.165, 1.54) is 6.07 Å². The van der Waals surface area contributed by atoms with Crippen molar-refractivity contribution in [2.75, 3.05) is 0 Å². The number of carbonyl (C=O) groups excluding carboxylic acids is 1. The van der Waals surface area contributed by atoms with Gasteiger partial charge in [0.05, 0.1) is 6.04 Å². The van der Waals surface area contributed by atoms with Gasteiger partial charge in [0.15, 0.2) is 5.65 Å². The zero-order chi connectivity index (χ0) is 17.8. The van der Waals surface area contributed by atoms with E-state index in [4.69, 9.17) is 0 Å². The van der Waals surface area contributed by atoms with Crippen LogP contribution in [0.3, 0.4) is 0 Å². The van der Waals surface area contributed by atoms with Crippen molar-refractivity contribution in [2.45, 2.75) is 32.0 Å². The molecule has 8 heteroatoms. The third-order valence-corrected chi connectivity index (χ3v) is 4.51. The molecule has 0 saturated carbocycles. The number of nitrogens with one attached hydrogen (secondary N) is 1. The summed E-state index contributed by atoms with van der Waals surface area (Å²) in [5.41, 5.74) is 0.351. The lowest BCUT2D eigenvalue weighted by Gasteiger charge is -2.20. The third kappa shape index (κ3) is 2.61. The molecule has 2 unspecified atom stereocenters. The summed E-state index contributed by atoms with van der Waals surface area (Å²) in [6.07, 6.45) is 1.98. The zero-order valence-electron chi connectivity index (χ0n) is 13.3. The fourth-order valence-corrected chi connectivity index (χ4v) is 3.34. The molecular formula is C17H15F3N4O. The molecule has 25 heavy (non-hydrogen) atoms. The van der Waals surface area contributed by atoms with Gasteiger partial charge in [-0.1, -0.05) is 19.1 Å². The third-order valence-electron chi connectivity index (χ3n) is 4.51. The Morgan fingerprint density at radius 2 is 2.12 bits per heavy atom. The molecule has 3 heterocycles. The van der Waals surface area contributed by atoms with Crippen LogP contribution in [-0.4, -0.2) is 26.5 Å². The molecule has 1 fully saturated rings. The van der Waals surface area contributed by atoms with Crippen LogP contribution in [0.5, 0.6) is 0 Å². The summed E-state index contributed by atoms with van der Waals surface area (Å²) in [6.45, 7) is 1.89. The molecule has 2 atom stereocenters. The first-order valence-corrected chi connectivity index (χ1v) is 8.02. The lowest BCUT2D eigenvalue weighted by molar-refractivity contribution is -0.141. The van der Waals surface area contributed by atoms with E-state index in [0.717, 1.165) is 6.07 Å². The van der Waals surface area contributed by atoms with Gasteiger partial charge in [-0.15, -0.1) is 0 Å². The number of nitrogens with zero attached hydrogens (tertiary/aromatic N) is 3. The smallest absolute Gasteiger partial charge is 0.349 e. The molecule has 2 aromatic heterocycles. The number of alkyl halides is 3. The van der Waals surface area contributed by atoms with Crippen LogP contribution in [0.15, 0.2) is 30.4 Å². The van der Waals surface area contributed by atoms with Crippen LogP contribution in [-0.2, 0) is 17.4 Å². The summed E-state index contributed by atoms with van der Waals surface area (Å²) in [7, 11) is 0. The number of pyridine rings is 1. The van der Waals surface area contributed by atoms with Crippen molar-refractivity contribution in [2.24, 2.45) is 5.92 Å². The fraction of sp³-hybridized carbons (Fsp3) is 0.353. The minimum Gasteiger partial charge on any atom is -0.349 e. The molecule has 1 amide bonds. The Bertz CT molecular complexity index is 926. The van der Waals surface area contributed by atoms with Gasteiger partial charge in [0.2, 0.25) is 5.91 Å². The monoisotopic (exact) mass is 348 g/mol. The molecule has 0 spiro atoms. The van der Waals surface area contributed by atoms with Gasteiger partial charge in [-0.2, -0.15) is 13.2 Å². The molecule has 130 valence electrons. The second kappa shape index (κ2) is 5.44. The van der Waals surface area contributed by atoms with E-state index in [0.29, 0.717) is 29.9 Å². The van der Waals surface area contributed by atoms with Gasteiger partial charge in [-0.05, 0) is 18.2 Å². The molecule has 0 radical (unpaired) electrons. The highest BCUT2D eigenvalue weighted by molar-refractivity contribution is 5.83. The Morgan fingerprint density at radius 1 is 1.32 bits per heavy atom. The predicted octanol–water partition coefficient (Wildman–Crippen LogP) is 2.93. The Balaban J connectivity index is 1.87. The summed E-state index contributed by atoms with van der Waals surface area (Å²) < 4.78 is 40.7. The van der Waals surface area contributed by atoms with Crippen LogP contribution in [0, 0.1) is 5.92 Å². The number of hydrogen-bond donors (Lipinski definition) is 1. The highest BCUT2D eigenvalue weighted by atomic mass is 19.4. The lowest BCUT2D eigenvalue weighted by atomic mass is 9.94. The van der Waals surface area contributed by atoms with Crippen LogP contribution in [0.25, 0.3) is 16.9 Å². The summed E-state index contributed by atoms with van der Waals surface area (Å²) in [4.78, 5) is 19.8. The van der Waals surface area contributed by atoms with E-state index >= 15 is 0 Å². The first-order chi connectivity index (χ1) is 11.9. The summed E-state index contributed by atoms with van der Waals surface area (Å²) in [5.74, 6) is 0.592. The summed E-state index contributed by atoms with van der Waals surface area (Å²) in [6, 6.07) is 2.23. The van der Waals surface area contributed by atoms with Crippen molar-refractivity contribution in [1.82, 2.24) is 19.9 Å². The van der Waals surface area contributed by atoms with Crippen LogP contribution in [0.4, 0.5) is 13.2 Å². The standard InChI is InChI=1S/C17H15F3N4O/c1-2-14-21-12-5-6-13(17(18,19)20)23-16(12)24(14)10-3-4-11-9(7-10)8-15(25)22-11/h3-7,9,11H,2,8H2,1H3,(H,22,25). The average Bonchev–Trinajstić information content (AvgIpc) is 3.11. The van der Waals surface area contributed by atoms with Gasteiger partial charge in [-0.3, -0.25) is 9.36 Å². The molecule has 0 aromatic carbocycles. The number of fused-ring (bicyclic) bond motifs is 2. The van der Waals surface area contributed by atoms with Crippen molar-refractivity contribution in [3.8, 4) is 0 Å². The molecule has 1 saturated heterocycles. The van der Waals surface area contributed by atoms with Crippen molar-refractivity contribution in [1.29, 1.82) is 0 Å². The molecular weight excluding hydrogens is 333 g/mol. The Labute approximate surface area is 141 Å².